The predicted octanol–water partition coefficient (Wildman–Crippen LogP) is 3.64. The third-order valence-corrected chi connectivity index (χ3v) is 4.23. The molecule has 0 spiro atoms. The van der Waals surface area contributed by atoms with Crippen LogP contribution in [0.15, 0.2) is 18.2 Å². The first-order valence-corrected chi connectivity index (χ1v) is 6.72. The minimum absolute atomic E-state index is 0.273. The number of hydrogen-bond acceptors (Lipinski definition) is 2. The van der Waals surface area contributed by atoms with Crippen LogP contribution in [-0.4, -0.2) is 12.6 Å². The number of benzene rings is 1. The van der Waals surface area contributed by atoms with E-state index >= 15 is 0 Å². The molecule has 4 heteroatoms. The lowest BCUT2D eigenvalue weighted by atomic mass is 10.1. The molecule has 0 amide bonds. The molecule has 0 aliphatic heterocycles. The van der Waals surface area contributed by atoms with E-state index in [0.29, 0.717) is 29.1 Å². The van der Waals surface area contributed by atoms with Gasteiger partial charge in [0.1, 0.15) is 0 Å². The molecule has 2 atom stereocenters. The first-order valence-electron chi connectivity index (χ1n) is 5.97. The van der Waals surface area contributed by atoms with Crippen LogP contribution in [0, 0.1) is 5.92 Å². The summed E-state index contributed by atoms with van der Waals surface area (Å²) in [7, 11) is 0. The van der Waals surface area contributed by atoms with Gasteiger partial charge in [-0.2, -0.15) is 0 Å². The van der Waals surface area contributed by atoms with Crippen molar-refractivity contribution in [1.82, 2.24) is 0 Å². The maximum atomic E-state index is 6.11. The summed E-state index contributed by atoms with van der Waals surface area (Å²) < 4.78 is 5.91. The highest BCUT2D eigenvalue weighted by Gasteiger charge is 2.26. The average molecular weight is 274 g/mol. The Kier molecular flexibility index (Phi) is 4.69. The molecule has 0 bridgehead atoms. The summed E-state index contributed by atoms with van der Waals surface area (Å²) in [4.78, 5) is 0. The van der Waals surface area contributed by atoms with Gasteiger partial charge in [0.2, 0.25) is 0 Å². The molecule has 2 N–H and O–H groups in total. The quantitative estimate of drug-likeness (QED) is 0.909. The van der Waals surface area contributed by atoms with Crippen molar-refractivity contribution in [2.45, 2.75) is 32.0 Å². The van der Waals surface area contributed by atoms with Gasteiger partial charge in [0.15, 0.2) is 0 Å². The maximum absolute atomic E-state index is 6.11. The summed E-state index contributed by atoms with van der Waals surface area (Å²) in [6.07, 6.45) is 3.75. The monoisotopic (exact) mass is 273 g/mol. The van der Waals surface area contributed by atoms with E-state index in [1.165, 1.54) is 12.8 Å². The van der Waals surface area contributed by atoms with E-state index < -0.39 is 0 Å². The fourth-order valence-corrected chi connectivity index (χ4v) is 2.72. The lowest BCUT2D eigenvalue weighted by Crippen LogP contribution is -2.25. The molecule has 2 rings (SSSR count). The zero-order valence-corrected chi connectivity index (χ0v) is 11.2. The molecular formula is C13H17Cl2NO. The number of ether oxygens (including phenoxy) is 1. The summed E-state index contributed by atoms with van der Waals surface area (Å²) in [5, 5.41) is 1.17. The van der Waals surface area contributed by atoms with E-state index in [0.717, 1.165) is 12.0 Å². The Morgan fingerprint density at radius 2 is 2.12 bits per heavy atom. The Balaban J connectivity index is 1.95. The van der Waals surface area contributed by atoms with Crippen LogP contribution in [0.2, 0.25) is 10.0 Å². The largest absolute Gasteiger partial charge is 0.373 e. The Morgan fingerprint density at radius 1 is 1.29 bits per heavy atom. The van der Waals surface area contributed by atoms with E-state index in [2.05, 4.69) is 0 Å². The topological polar surface area (TPSA) is 35.2 Å². The molecule has 0 radical (unpaired) electrons. The third-order valence-electron chi connectivity index (χ3n) is 3.38. The summed E-state index contributed by atoms with van der Waals surface area (Å²) in [5.41, 5.74) is 6.67. The predicted molar refractivity (Wildman–Crippen MR) is 71.4 cm³/mol. The van der Waals surface area contributed by atoms with Crippen LogP contribution in [0.5, 0.6) is 0 Å². The summed E-state index contributed by atoms with van der Waals surface area (Å²) in [6, 6.07) is 5.62. The molecule has 94 valence electrons. The molecule has 1 aliphatic rings. The Bertz CT molecular complexity index is 384. The lowest BCUT2D eigenvalue weighted by Gasteiger charge is -2.19. The minimum Gasteiger partial charge on any atom is -0.373 e. The molecule has 0 saturated heterocycles. The normalized spacial score (nSPS) is 24.2. The smallest absolute Gasteiger partial charge is 0.0735 e. The first kappa shape index (κ1) is 13.2. The highest BCUT2D eigenvalue weighted by Crippen LogP contribution is 2.30. The van der Waals surface area contributed by atoms with E-state index in [-0.39, 0.29) is 6.10 Å². The molecule has 0 aromatic heterocycles. The second-order valence-corrected chi connectivity index (χ2v) is 5.27. The third kappa shape index (κ3) is 3.14. The Labute approximate surface area is 112 Å². The van der Waals surface area contributed by atoms with Crippen molar-refractivity contribution in [2.24, 2.45) is 11.7 Å². The van der Waals surface area contributed by atoms with Gasteiger partial charge in [-0.3, -0.25) is 0 Å². The van der Waals surface area contributed by atoms with Crippen molar-refractivity contribution in [2.75, 3.05) is 6.54 Å². The Morgan fingerprint density at radius 3 is 2.88 bits per heavy atom. The van der Waals surface area contributed by atoms with Crippen molar-refractivity contribution in [1.29, 1.82) is 0 Å². The Hall–Kier alpha value is -0.280. The van der Waals surface area contributed by atoms with Gasteiger partial charge < -0.3 is 10.5 Å². The number of nitrogens with two attached hydrogens (primary N) is 1. The van der Waals surface area contributed by atoms with Crippen molar-refractivity contribution < 1.29 is 4.74 Å². The SMILES string of the molecule is NCC1CCCC1OCc1cccc(Cl)c1Cl. The second-order valence-electron chi connectivity index (χ2n) is 4.49. The van der Waals surface area contributed by atoms with Gasteiger partial charge in [-0.1, -0.05) is 41.8 Å². The molecule has 1 fully saturated rings. The van der Waals surface area contributed by atoms with E-state index in [4.69, 9.17) is 33.7 Å². The van der Waals surface area contributed by atoms with Crippen LogP contribution >= 0.6 is 23.2 Å². The van der Waals surface area contributed by atoms with E-state index in [1.54, 1.807) is 6.07 Å². The number of hydrogen-bond donors (Lipinski definition) is 1. The molecule has 2 nitrogen and oxygen atoms in total. The molecule has 1 aliphatic carbocycles. The standard InChI is InChI=1S/C13H17Cl2NO/c14-11-5-1-4-10(13(11)15)8-17-12-6-2-3-9(12)7-16/h1,4-5,9,12H,2-3,6-8,16H2. The molecule has 1 aromatic carbocycles. The fourth-order valence-electron chi connectivity index (χ4n) is 2.35. The van der Waals surface area contributed by atoms with Crippen LogP contribution in [0.4, 0.5) is 0 Å². The van der Waals surface area contributed by atoms with Crippen molar-refractivity contribution in [3.63, 3.8) is 0 Å². The van der Waals surface area contributed by atoms with Gasteiger partial charge in [-0.25, -0.2) is 0 Å². The first-order chi connectivity index (χ1) is 8.22. The highest BCUT2D eigenvalue weighted by molar-refractivity contribution is 6.42. The minimum atomic E-state index is 0.273. The zero-order chi connectivity index (χ0) is 12.3. The molecule has 17 heavy (non-hydrogen) atoms. The van der Waals surface area contributed by atoms with Crippen LogP contribution in [0.3, 0.4) is 0 Å². The molecule has 1 saturated carbocycles. The van der Waals surface area contributed by atoms with Gasteiger partial charge in [0.05, 0.1) is 22.8 Å². The van der Waals surface area contributed by atoms with Crippen LogP contribution < -0.4 is 5.73 Å². The molecule has 2 unspecified atom stereocenters. The van der Waals surface area contributed by atoms with Crippen LogP contribution in [0.25, 0.3) is 0 Å². The summed E-state index contributed by atoms with van der Waals surface area (Å²) in [6.45, 7) is 1.22. The van der Waals surface area contributed by atoms with Gasteiger partial charge in [0, 0.05) is 0 Å². The molecule has 0 heterocycles. The van der Waals surface area contributed by atoms with Crippen molar-refractivity contribution in [3.8, 4) is 0 Å². The maximum Gasteiger partial charge on any atom is 0.0735 e. The molecule has 1 aromatic rings. The summed E-state index contributed by atoms with van der Waals surface area (Å²) >= 11 is 12.1. The van der Waals surface area contributed by atoms with Gasteiger partial charge >= 0.3 is 0 Å². The average Bonchev–Trinajstić information content (AvgIpc) is 2.78. The van der Waals surface area contributed by atoms with Crippen LogP contribution in [-0.2, 0) is 11.3 Å². The highest BCUT2D eigenvalue weighted by atomic mass is 35.5. The second kappa shape index (κ2) is 6.05. The fraction of sp³-hybridized carbons (Fsp3) is 0.538. The van der Waals surface area contributed by atoms with Gasteiger partial charge in [0.25, 0.3) is 0 Å². The van der Waals surface area contributed by atoms with Crippen LogP contribution in [0.1, 0.15) is 24.8 Å². The van der Waals surface area contributed by atoms with E-state index in [1.807, 2.05) is 12.1 Å². The van der Waals surface area contributed by atoms with Gasteiger partial charge in [-0.05, 0) is 36.9 Å². The summed E-state index contributed by atoms with van der Waals surface area (Å²) in [5.74, 6) is 0.493. The van der Waals surface area contributed by atoms with Gasteiger partial charge in [-0.15, -0.1) is 0 Å². The van der Waals surface area contributed by atoms with Crippen molar-refractivity contribution >= 4 is 23.2 Å². The van der Waals surface area contributed by atoms with E-state index in [9.17, 15) is 0 Å². The lowest BCUT2D eigenvalue weighted by molar-refractivity contribution is 0.0183. The molecular weight excluding hydrogens is 257 g/mol. The zero-order valence-electron chi connectivity index (χ0n) is 9.66. The number of rotatable bonds is 4. The number of halogens is 2. The van der Waals surface area contributed by atoms with Crippen molar-refractivity contribution in [3.05, 3.63) is 33.8 Å².